The van der Waals surface area contributed by atoms with Crippen LogP contribution < -0.4 is 14.8 Å². The molecule has 2 aromatic carbocycles. The van der Waals surface area contributed by atoms with Crippen molar-refractivity contribution in [2.24, 2.45) is 0 Å². The third-order valence-electron chi connectivity index (χ3n) is 3.70. The average Bonchev–Trinajstić information content (AvgIpc) is 2.59. The summed E-state index contributed by atoms with van der Waals surface area (Å²) in [6.07, 6.45) is 0.790. The van der Waals surface area contributed by atoms with Gasteiger partial charge in [-0.05, 0) is 57.0 Å². The van der Waals surface area contributed by atoms with Crippen LogP contribution in [0.5, 0.6) is 5.75 Å². The molecule has 7 heteroatoms. The van der Waals surface area contributed by atoms with Crippen molar-refractivity contribution in [2.75, 3.05) is 12.4 Å². The largest absolute Gasteiger partial charge is 0.495 e. The number of hydrogen-bond acceptors (Lipinski definition) is 4. The van der Waals surface area contributed by atoms with Gasteiger partial charge >= 0.3 is 0 Å². The van der Waals surface area contributed by atoms with Crippen molar-refractivity contribution in [3.05, 3.63) is 54.1 Å². The SMILES string of the molecule is COc1ccccc1NC(=O)CCc1ccc(S(=O)(=O)NC(C)(C)C)cc1. The van der Waals surface area contributed by atoms with Crippen LogP contribution in [-0.4, -0.2) is 27.0 Å². The number of para-hydroxylation sites is 2. The predicted molar refractivity (Wildman–Crippen MR) is 106 cm³/mol. The van der Waals surface area contributed by atoms with Crippen LogP contribution >= 0.6 is 0 Å². The molecule has 0 heterocycles. The van der Waals surface area contributed by atoms with E-state index in [1.54, 1.807) is 64.3 Å². The standard InChI is InChI=1S/C20H26N2O4S/c1-20(2,3)22-27(24,25)16-12-9-15(10-13-16)11-14-19(23)21-17-7-5-6-8-18(17)26-4/h5-10,12-13,22H,11,14H2,1-4H3,(H,21,23). The molecule has 0 radical (unpaired) electrons. The van der Waals surface area contributed by atoms with E-state index in [2.05, 4.69) is 10.0 Å². The lowest BCUT2D eigenvalue weighted by Crippen LogP contribution is -2.40. The number of carbonyl (C=O) groups excluding carboxylic acids is 1. The first-order chi connectivity index (χ1) is 12.6. The smallest absolute Gasteiger partial charge is 0.241 e. The Labute approximate surface area is 161 Å². The Morgan fingerprint density at radius 1 is 1.04 bits per heavy atom. The van der Waals surface area contributed by atoms with Gasteiger partial charge in [0.1, 0.15) is 5.75 Å². The second kappa shape index (κ2) is 8.54. The Morgan fingerprint density at radius 2 is 1.67 bits per heavy atom. The predicted octanol–water partition coefficient (Wildman–Crippen LogP) is 3.34. The fraction of sp³-hybridized carbons (Fsp3) is 0.350. The van der Waals surface area contributed by atoms with Crippen molar-refractivity contribution >= 4 is 21.6 Å². The Bertz CT molecular complexity index is 885. The summed E-state index contributed by atoms with van der Waals surface area (Å²) < 4.78 is 32.4. The van der Waals surface area contributed by atoms with Crippen molar-refractivity contribution in [2.45, 2.75) is 44.0 Å². The quantitative estimate of drug-likeness (QED) is 0.759. The number of anilines is 1. The molecule has 0 fully saturated rings. The summed E-state index contributed by atoms with van der Waals surface area (Å²) in [4.78, 5) is 12.4. The zero-order valence-corrected chi connectivity index (χ0v) is 16.9. The minimum absolute atomic E-state index is 0.134. The topological polar surface area (TPSA) is 84.5 Å². The fourth-order valence-corrected chi connectivity index (χ4v) is 3.93. The highest BCUT2D eigenvalue weighted by molar-refractivity contribution is 7.89. The Kier molecular flexibility index (Phi) is 6.62. The molecule has 0 unspecified atom stereocenters. The van der Waals surface area contributed by atoms with Gasteiger partial charge in [-0.2, -0.15) is 0 Å². The summed E-state index contributed by atoms with van der Waals surface area (Å²) in [5.41, 5.74) is 0.966. The van der Waals surface area contributed by atoms with E-state index in [9.17, 15) is 13.2 Å². The molecule has 2 aromatic rings. The second-order valence-electron chi connectivity index (χ2n) is 7.25. The molecular formula is C20H26N2O4S. The van der Waals surface area contributed by atoms with E-state index in [-0.39, 0.29) is 17.2 Å². The maximum atomic E-state index is 12.3. The van der Waals surface area contributed by atoms with E-state index >= 15 is 0 Å². The summed E-state index contributed by atoms with van der Waals surface area (Å²) in [5.74, 6) is 0.470. The van der Waals surface area contributed by atoms with Gasteiger partial charge in [0.15, 0.2) is 0 Å². The minimum atomic E-state index is -3.56. The zero-order valence-electron chi connectivity index (χ0n) is 16.1. The van der Waals surface area contributed by atoms with Crippen LogP contribution in [0.15, 0.2) is 53.4 Å². The number of carbonyl (C=O) groups is 1. The highest BCUT2D eigenvalue weighted by Crippen LogP contribution is 2.23. The third kappa shape index (κ3) is 6.37. The lowest BCUT2D eigenvalue weighted by molar-refractivity contribution is -0.116. The lowest BCUT2D eigenvalue weighted by Gasteiger charge is -2.20. The maximum absolute atomic E-state index is 12.3. The molecule has 6 nitrogen and oxygen atoms in total. The third-order valence-corrected chi connectivity index (χ3v) is 5.47. The highest BCUT2D eigenvalue weighted by Gasteiger charge is 2.21. The first kappa shape index (κ1) is 20.9. The van der Waals surface area contributed by atoms with Crippen LogP contribution in [0.3, 0.4) is 0 Å². The van der Waals surface area contributed by atoms with Crippen LogP contribution in [0.2, 0.25) is 0 Å². The average molecular weight is 391 g/mol. The number of nitrogens with one attached hydrogen (secondary N) is 2. The Hall–Kier alpha value is -2.38. The molecular weight excluding hydrogens is 364 g/mol. The van der Waals surface area contributed by atoms with E-state index in [4.69, 9.17) is 4.74 Å². The Balaban J connectivity index is 1.96. The minimum Gasteiger partial charge on any atom is -0.495 e. The van der Waals surface area contributed by atoms with E-state index in [0.717, 1.165) is 5.56 Å². The van der Waals surface area contributed by atoms with Gasteiger partial charge in [-0.3, -0.25) is 4.79 Å². The summed E-state index contributed by atoms with van der Waals surface area (Å²) >= 11 is 0. The van der Waals surface area contributed by atoms with Crippen LogP contribution in [0.25, 0.3) is 0 Å². The summed E-state index contributed by atoms with van der Waals surface area (Å²) in [6.45, 7) is 5.37. The monoisotopic (exact) mass is 390 g/mol. The van der Waals surface area contributed by atoms with Crippen LogP contribution in [0.4, 0.5) is 5.69 Å². The van der Waals surface area contributed by atoms with Gasteiger partial charge in [-0.1, -0.05) is 24.3 Å². The molecule has 27 heavy (non-hydrogen) atoms. The van der Waals surface area contributed by atoms with E-state index in [1.165, 1.54) is 0 Å². The van der Waals surface area contributed by atoms with Gasteiger partial charge in [0.25, 0.3) is 0 Å². The Morgan fingerprint density at radius 3 is 2.26 bits per heavy atom. The first-order valence-electron chi connectivity index (χ1n) is 8.66. The molecule has 0 aliphatic heterocycles. The highest BCUT2D eigenvalue weighted by atomic mass is 32.2. The number of hydrogen-bond donors (Lipinski definition) is 2. The van der Waals surface area contributed by atoms with E-state index in [0.29, 0.717) is 17.9 Å². The molecule has 2 rings (SSSR count). The van der Waals surface area contributed by atoms with Gasteiger partial charge in [0.05, 0.1) is 17.7 Å². The number of ether oxygens (including phenoxy) is 1. The first-order valence-corrected chi connectivity index (χ1v) is 10.1. The molecule has 0 saturated heterocycles. The van der Waals surface area contributed by atoms with Gasteiger partial charge in [-0.15, -0.1) is 0 Å². The van der Waals surface area contributed by atoms with Crippen molar-refractivity contribution < 1.29 is 17.9 Å². The number of methoxy groups -OCH3 is 1. The summed E-state index contributed by atoms with van der Waals surface area (Å²) in [5, 5.41) is 2.82. The van der Waals surface area contributed by atoms with Crippen molar-refractivity contribution in [1.82, 2.24) is 4.72 Å². The number of sulfonamides is 1. The van der Waals surface area contributed by atoms with Crippen LogP contribution in [0.1, 0.15) is 32.8 Å². The van der Waals surface area contributed by atoms with E-state index < -0.39 is 15.6 Å². The molecule has 0 saturated carbocycles. The molecule has 0 bridgehead atoms. The van der Waals surface area contributed by atoms with Crippen LogP contribution in [-0.2, 0) is 21.2 Å². The molecule has 1 amide bonds. The molecule has 0 aromatic heterocycles. The number of amides is 1. The number of aryl methyl sites for hydroxylation is 1. The van der Waals surface area contributed by atoms with Gasteiger partial charge in [0.2, 0.25) is 15.9 Å². The molecule has 0 spiro atoms. The number of rotatable bonds is 7. The van der Waals surface area contributed by atoms with Crippen LogP contribution in [0, 0.1) is 0 Å². The zero-order chi connectivity index (χ0) is 20.1. The van der Waals surface area contributed by atoms with Gasteiger partial charge < -0.3 is 10.1 Å². The molecule has 146 valence electrons. The van der Waals surface area contributed by atoms with Crippen molar-refractivity contribution in [3.8, 4) is 5.75 Å². The van der Waals surface area contributed by atoms with Gasteiger partial charge in [0, 0.05) is 12.0 Å². The summed E-state index contributed by atoms with van der Waals surface area (Å²) in [6, 6.07) is 13.8. The van der Waals surface area contributed by atoms with Gasteiger partial charge in [-0.25, -0.2) is 13.1 Å². The normalized spacial score (nSPS) is 11.9. The molecule has 0 atom stereocenters. The van der Waals surface area contributed by atoms with Crippen molar-refractivity contribution in [1.29, 1.82) is 0 Å². The number of benzene rings is 2. The fourth-order valence-electron chi connectivity index (χ4n) is 2.52. The molecule has 2 N–H and O–H groups in total. The molecule has 0 aliphatic rings. The maximum Gasteiger partial charge on any atom is 0.241 e. The lowest BCUT2D eigenvalue weighted by atomic mass is 10.1. The van der Waals surface area contributed by atoms with E-state index in [1.807, 2.05) is 12.1 Å². The van der Waals surface area contributed by atoms with Crippen molar-refractivity contribution in [3.63, 3.8) is 0 Å². The molecule has 0 aliphatic carbocycles. The second-order valence-corrected chi connectivity index (χ2v) is 8.93. The summed E-state index contributed by atoms with van der Waals surface area (Å²) in [7, 11) is -2.01.